The summed E-state index contributed by atoms with van der Waals surface area (Å²) in [5, 5.41) is 5.58. The number of halogens is 3. The van der Waals surface area contributed by atoms with Crippen LogP contribution in [0.15, 0.2) is 48.8 Å². The molecule has 14 heteroatoms. The number of sulfonamides is 1. The van der Waals surface area contributed by atoms with Gasteiger partial charge in [0, 0.05) is 47.7 Å². The van der Waals surface area contributed by atoms with Gasteiger partial charge in [0.15, 0.2) is 0 Å². The molecule has 0 fully saturated rings. The van der Waals surface area contributed by atoms with Crippen molar-refractivity contribution in [3.05, 3.63) is 65.5 Å². The van der Waals surface area contributed by atoms with Crippen molar-refractivity contribution in [3.63, 3.8) is 0 Å². The lowest BCUT2D eigenvalue weighted by atomic mass is 10.2. The molecule has 0 bridgehead atoms. The molecule has 2 aromatic heterocycles. The van der Waals surface area contributed by atoms with E-state index in [1.165, 1.54) is 13.1 Å². The molecule has 9 nitrogen and oxygen atoms in total. The molecule has 0 unspecified atom stereocenters. The van der Waals surface area contributed by atoms with Gasteiger partial charge < -0.3 is 15.2 Å². The first kappa shape index (κ1) is 31.3. The highest BCUT2D eigenvalue weighted by Gasteiger charge is 2.35. The normalized spacial score (nSPS) is 12.6. The Bertz CT molecular complexity index is 1470. The molecule has 0 aliphatic heterocycles. The Hall–Kier alpha value is -3.18. The Morgan fingerprint density at radius 3 is 2.33 bits per heavy atom. The second kappa shape index (κ2) is 12.6. The SMILES string of the molecule is CCS(=O)(=O)Nc1ncccc1CNc1nc(Nc2cccc(CP(=O)(C(C)C)C(C)C)c2)ncc1C(F)(F)F. The molecule has 0 radical (unpaired) electrons. The topological polar surface area (TPSA) is 126 Å². The van der Waals surface area contributed by atoms with Gasteiger partial charge in [-0.05, 0) is 30.7 Å². The number of nitrogens with zero attached hydrogens (tertiary/aromatic N) is 3. The lowest BCUT2D eigenvalue weighted by Gasteiger charge is -2.26. The number of nitrogens with one attached hydrogen (secondary N) is 3. The first-order valence-corrected chi connectivity index (χ1v) is 16.4. The lowest BCUT2D eigenvalue weighted by molar-refractivity contribution is -0.137. The summed E-state index contributed by atoms with van der Waals surface area (Å²) in [6.45, 7) is 9.05. The molecule has 3 N–H and O–H groups in total. The third-order valence-corrected chi connectivity index (χ3v) is 12.0. The van der Waals surface area contributed by atoms with Gasteiger partial charge in [-0.1, -0.05) is 45.9 Å². The van der Waals surface area contributed by atoms with Crippen LogP contribution in [0.2, 0.25) is 0 Å². The van der Waals surface area contributed by atoms with E-state index >= 15 is 0 Å². The van der Waals surface area contributed by atoms with Gasteiger partial charge >= 0.3 is 6.18 Å². The molecule has 0 aliphatic rings. The lowest BCUT2D eigenvalue weighted by Crippen LogP contribution is -2.18. The van der Waals surface area contributed by atoms with Crippen LogP contribution in [0.5, 0.6) is 0 Å². The maximum Gasteiger partial charge on any atom is 0.421 e. The van der Waals surface area contributed by atoms with Crippen molar-refractivity contribution in [1.29, 1.82) is 0 Å². The molecule has 0 aliphatic carbocycles. The van der Waals surface area contributed by atoms with Crippen LogP contribution in [0.3, 0.4) is 0 Å². The van der Waals surface area contributed by atoms with Crippen molar-refractivity contribution in [2.75, 3.05) is 21.1 Å². The summed E-state index contributed by atoms with van der Waals surface area (Å²) in [5.41, 5.74) is 0.627. The fraction of sp³-hybridized carbons (Fsp3) is 0.423. The minimum absolute atomic E-state index is 0.00797. The van der Waals surface area contributed by atoms with Crippen molar-refractivity contribution in [3.8, 4) is 0 Å². The van der Waals surface area contributed by atoms with Gasteiger partial charge in [0.2, 0.25) is 16.0 Å². The minimum Gasteiger partial charge on any atom is -0.365 e. The van der Waals surface area contributed by atoms with Crippen LogP contribution in [-0.2, 0) is 33.5 Å². The average Bonchev–Trinajstić information content (AvgIpc) is 2.87. The molecule has 0 saturated heterocycles. The molecule has 0 saturated carbocycles. The Balaban J connectivity index is 1.87. The zero-order valence-corrected chi connectivity index (χ0v) is 24.7. The van der Waals surface area contributed by atoms with E-state index in [1.54, 1.807) is 30.3 Å². The molecular formula is C26H34F3N6O3PS. The minimum atomic E-state index is -4.74. The monoisotopic (exact) mass is 598 g/mol. The van der Waals surface area contributed by atoms with Gasteiger partial charge in [-0.2, -0.15) is 18.2 Å². The summed E-state index contributed by atoms with van der Waals surface area (Å²) in [7, 11) is -6.17. The van der Waals surface area contributed by atoms with Gasteiger partial charge in [0.1, 0.15) is 17.2 Å². The van der Waals surface area contributed by atoms with E-state index in [2.05, 4.69) is 30.3 Å². The number of hydrogen-bond acceptors (Lipinski definition) is 8. The second-order valence-electron chi connectivity index (χ2n) is 9.85. The Kier molecular flexibility index (Phi) is 9.84. The van der Waals surface area contributed by atoms with Gasteiger partial charge in [-0.25, -0.2) is 18.4 Å². The number of hydrogen-bond donors (Lipinski definition) is 3. The Morgan fingerprint density at radius 1 is 1.00 bits per heavy atom. The second-order valence-corrected chi connectivity index (χ2v) is 16.0. The van der Waals surface area contributed by atoms with E-state index in [0.29, 0.717) is 23.6 Å². The van der Waals surface area contributed by atoms with E-state index in [1.807, 2.05) is 33.8 Å². The summed E-state index contributed by atoms with van der Waals surface area (Å²) in [6.07, 6.45) is -2.29. The summed E-state index contributed by atoms with van der Waals surface area (Å²) in [4.78, 5) is 11.9. The molecule has 3 aromatic rings. The van der Waals surface area contributed by atoms with Crippen LogP contribution in [0, 0.1) is 0 Å². The standard InChI is InChI=1S/C26H34F3N6O3PS/c1-6-40(37,38)35-23-20(10-8-12-30-23)14-31-24-22(26(27,28)29)15-32-25(34-24)33-21-11-7-9-19(13-21)16-39(36,17(2)3)18(4)5/h7-13,15,17-18H,6,14,16H2,1-5H3,(H,30,35)(H2,31,32,33,34). The largest absolute Gasteiger partial charge is 0.421 e. The van der Waals surface area contributed by atoms with Crippen molar-refractivity contribution in [2.24, 2.45) is 0 Å². The fourth-order valence-electron chi connectivity index (χ4n) is 3.98. The molecule has 2 heterocycles. The highest BCUT2D eigenvalue weighted by atomic mass is 32.2. The third kappa shape index (κ3) is 7.94. The van der Waals surface area contributed by atoms with Gasteiger partial charge in [0.05, 0.1) is 12.9 Å². The maximum absolute atomic E-state index is 13.8. The highest BCUT2D eigenvalue weighted by Crippen LogP contribution is 2.57. The van der Waals surface area contributed by atoms with Crippen LogP contribution < -0.4 is 15.4 Å². The van der Waals surface area contributed by atoms with Crippen molar-refractivity contribution < 1.29 is 26.2 Å². The van der Waals surface area contributed by atoms with E-state index in [4.69, 9.17) is 0 Å². The summed E-state index contributed by atoms with van der Waals surface area (Å²) in [6, 6.07) is 10.2. The number of pyridine rings is 1. The highest BCUT2D eigenvalue weighted by molar-refractivity contribution is 7.92. The van der Waals surface area contributed by atoms with Crippen molar-refractivity contribution >= 4 is 40.4 Å². The summed E-state index contributed by atoms with van der Waals surface area (Å²) in [5.74, 6) is -0.752. The summed E-state index contributed by atoms with van der Waals surface area (Å²) >= 11 is 0. The van der Waals surface area contributed by atoms with E-state index in [9.17, 15) is 26.2 Å². The smallest absolute Gasteiger partial charge is 0.365 e. The van der Waals surface area contributed by atoms with Crippen LogP contribution in [0.1, 0.15) is 51.3 Å². The predicted octanol–water partition coefficient (Wildman–Crippen LogP) is 6.69. The van der Waals surface area contributed by atoms with Crippen LogP contribution in [0.4, 0.5) is 36.4 Å². The number of aromatic nitrogens is 3. The molecule has 218 valence electrons. The van der Waals surface area contributed by atoms with Crippen molar-refractivity contribution in [2.45, 2.75) is 64.8 Å². The van der Waals surface area contributed by atoms with Crippen LogP contribution in [-0.4, -0.2) is 40.4 Å². The van der Waals surface area contributed by atoms with E-state index in [-0.39, 0.29) is 35.4 Å². The molecule has 0 atom stereocenters. The zero-order valence-electron chi connectivity index (χ0n) is 23.0. The van der Waals surface area contributed by atoms with Crippen LogP contribution >= 0.6 is 7.14 Å². The maximum atomic E-state index is 13.8. The first-order valence-electron chi connectivity index (χ1n) is 12.7. The number of benzene rings is 1. The van der Waals surface area contributed by atoms with E-state index < -0.39 is 34.7 Å². The first-order chi connectivity index (χ1) is 18.6. The molecule has 40 heavy (non-hydrogen) atoms. The fourth-order valence-corrected chi connectivity index (χ4v) is 7.29. The molecule has 3 rings (SSSR count). The Labute approximate surface area is 232 Å². The molecule has 1 aromatic carbocycles. The van der Waals surface area contributed by atoms with Gasteiger partial charge in [-0.3, -0.25) is 4.72 Å². The van der Waals surface area contributed by atoms with E-state index in [0.717, 1.165) is 5.56 Å². The predicted molar refractivity (Wildman–Crippen MR) is 153 cm³/mol. The van der Waals surface area contributed by atoms with Crippen molar-refractivity contribution in [1.82, 2.24) is 15.0 Å². The van der Waals surface area contributed by atoms with Gasteiger partial charge in [-0.15, -0.1) is 0 Å². The number of alkyl halides is 3. The summed E-state index contributed by atoms with van der Waals surface area (Å²) < 4.78 is 81.1. The third-order valence-electron chi connectivity index (χ3n) is 6.42. The van der Waals surface area contributed by atoms with Gasteiger partial charge in [0.25, 0.3) is 0 Å². The molecular weight excluding hydrogens is 564 g/mol. The molecule has 0 spiro atoms. The quantitative estimate of drug-likeness (QED) is 0.197. The van der Waals surface area contributed by atoms with Crippen LogP contribution in [0.25, 0.3) is 0 Å². The zero-order chi connectivity index (χ0) is 29.7. The number of anilines is 4. The number of rotatable bonds is 12. The average molecular weight is 599 g/mol. The Morgan fingerprint density at radius 2 is 1.70 bits per heavy atom. The molecule has 0 amide bonds.